The van der Waals surface area contributed by atoms with E-state index in [0.717, 1.165) is 38.6 Å². The molecule has 0 saturated heterocycles. The number of carbonyl (C=O) groups excluding carboxylic acids is 1. The lowest BCUT2D eigenvalue weighted by Gasteiger charge is -2.08. The third kappa shape index (κ3) is 4.33. The van der Waals surface area contributed by atoms with Crippen molar-refractivity contribution in [2.75, 3.05) is 5.32 Å². The fraction of sp³-hybridized carbons (Fsp3) is 0. The van der Waals surface area contributed by atoms with E-state index in [0.29, 0.717) is 5.56 Å². The Bertz CT molecular complexity index is 1350. The Morgan fingerprint density at radius 2 is 1.50 bits per heavy atom. The Labute approximate surface area is 190 Å². The molecule has 0 saturated carbocycles. The molecular weight excluding hydrogens is 414 g/mol. The van der Waals surface area contributed by atoms with Crippen molar-refractivity contribution in [2.24, 2.45) is 0 Å². The van der Waals surface area contributed by atoms with Crippen LogP contribution < -0.4 is 5.32 Å². The summed E-state index contributed by atoms with van der Waals surface area (Å²) in [5, 5.41) is 5.93. The molecule has 2 aromatic heterocycles. The number of thiazole rings is 1. The summed E-state index contributed by atoms with van der Waals surface area (Å²) in [5.74, 6) is -0.143. The van der Waals surface area contributed by atoms with Gasteiger partial charge in [0.1, 0.15) is 5.01 Å². The van der Waals surface area contributed by atoms with Gasteiger partial charge in [-0.3, -0.25) is 9.78 Å². The molecule has 2 heterocycles. The lowest BCUT2D eigenvalue weighted by molar-refractivity contribution is 0.102. The summed E-state index contributed by atoms with van der Waals surface area (Å²) in [6, 6.07) is 29.4. The Morgan fingerprint density at radius 1 is 0.750 bits per heavy atom. The van der Waals surface area contributed by atoms with Gasteiger partial charge in [0.25, 0.3) is 5.91 Å². The molecule has 0 aliphatic carbocycles. The van der Waals surface area contributed by atoms with Crippen LogP contribution in [0.5, 0.6) is 0 Å². The Balaban J connectivity index is 1.32. The predicted molar refractivity (Wildman–Crippen MR) is 131 cm³/mol. The molecule has 0 aliphatic heterocycles. The van der Waals surface area contributed by atoms with E-state index in [1.165, 1.54) is 0 Å². The maximum Gasteiger partial charge on any atom is 0.255 e. The topological polar surface area (TPSA) is 54.9 Å². The van der Waals surface area contributed by atoms with Crippen molar-refractivity contribution in [2.45, 2.75) is 0 Å². The van der Waals surface area contributed by atoms with Gasteiger partial charge in [0.2, 0.25) is 0 Å². The van der Waals surface area contributed by atoms with Crippen LogP contribution in [0.4, 0.5) is 5.69 Å². The average molecular weight is 434 g/mol. The number of hydrogen-bond acceptors (Lipinski definition) is 4. The second-order valence-corrected chi connectivity index (χ2v) is 8.12. The first-order valence-corrected chi connectivity index (χ1v) is 11.1. The van der Waals surface area contributed by atoms with E-state index in [1.807, 2.05) is 90.4 Å². The highest BCUT2D eigenvalue weighted by Crippen LogP contribution is 2.29. The van der Waals surface area contributed by atoms with Gasteiger partial charge >= 0.3 is 0 Å². The standard InChI is InChI=1S/C27H19N3OS/c31-26(21-13-11-20(12-14-21)19-6-2-1-3-7-19)29-24-10-4-8-22(16-24)25-18-32-27(30-25)23-9-5-15-28-17-23/h1-18H,(H,29,31). The Kier molecular flexibility index (Phi) is 5.56. The molecule has 1 N–H and O–H groups in total. The highest BCUT2D eigenvalue weighted by molar-refractivity contribution is 7.13. The van der Waals surface area contributed by atoms with E-state index in [4.69, 9.17) is 4.98 Å². The lowest BCUT2D eigenvalue weighted by Crippen LogP contribution is -2.11. The van der Waals surface area contributed by atoms with E-state index in [1.54, 1.807) is 17.5 Å². The zero-order chi connectivity index (χ0) is 21.8. The minimum atomic E-state index is -0.143. The molecule has 5 heteroatoms. The zero-order valence-corrected chi connectivity index (χ0v) is 17.9. The summed E-state index contributed by atoms with van der Waals surface area (Å²) in [6.07, 6.45) is 3.56. The molecule has 154 valence electrons. The first-order valence-electron chi connectivity index (χ1n) is 10.2. The molecule has 0 aliphatic rings. The normalized spacial score (nSPS) is 10.6. The maximum absolute atomic E-state index is 12.8. The fourth-order valence-corrected chi connectivity index (χ4v) is 4.25. The number of hydrogen-bond donors (Lipinski definition) is 1. The number of carbonyl (C=O) groups is 1. The van der Waals surface area contributed by atoms with E-state index >= 15 is 0 Å². The van der Waals surface area contributed by atoms with Crippen LogP contribution in [0, 0.1) is 0 Å². The van der Waals surface area contributed by atoms with Gasteiger partial charge < -0.3 is 5.32 Å². The summed E-state index contributed by atoms with van der Waals surface area (Å²) < 4.78 is 0. The van der Waals surface area contributed by atoms with E-state index < -0.39 is 0 Å². The van der Waals surface area contributed by atoms with Crippen molar-refractivity contribution in [3.63, 3.8) is 0 Å². The van der Waals surface area contributed by atoms with Gasteiger partial charge in [-0.1, -0.05) is 54.6 Å². The Morgan fingerprint density at radius 3 is 2.28 bits per heavy atom. The van der Waals surface area contributed by atoms with Gasteiger partial charge in [-0.25, -0.2) is 4.98 Å². The van der Waals surface area contributed by atoms with Crippen LogP contribution in [0.25, 0.3) is 33.0 Å². The highest BCUT2D eigenvalue weighted by Gasteiger charge is 2.10. The van der Waals surface area contributed by atoms with Crippen LogP contribution >= 0.6 is 11.3 Å². The number of pyridine rings is 1. The molecule has 0 radical (unpaired) electrons. The minimum absolute atomic E-state index is 0.143. The maximum atomic E-state index is 12.8. The van der Waals surface area contributed by atoms with Crippen LogP contribution in [-0.2, 0) is 0 Å². The Hall–Kier alpha value is -4.09. The average Bonchev–Trinajstić information content (AvgIpc) is 3.36. The molecule has 0 atom stereocenters. The number of aromatic nitrogens is 2. The molecule has 4 nitrogen and oxygen atoms in total. The van der Waals surface area contributed by atoms with Gasteiger partial charge in [-0.15, -0.1) is 11.3 Å². The number of nitrogens with one attached hydrogen (secondary N) is 1. The number of benzene rings is 3. The van der Waals surface area contributed by atoms with Gasteiger partial charge in [-0.2, -0.15) is 0 Å². The number of nitrogens with zero attached hydrogens (tertiary/aromatic N) is 2. The van der Waals surface area contributed by atoms with Gasteiger partial charge in [-0.05, 0) is 47.5 Å². The van der Waals surface area contributed by atoms with Crippen molar-refractivity contribution in [1.29, 1.82) is 0 Å². The summed E-state index contributed by atoms with van der Waals surface area (Å²) in [6.45, 7) is 0. The number of rotatable bonds is 5. The predicted octanol–water partition coefficient (Wildman–Crippen LogP) is 6.79. The molecule has 3 aromatic carbocycles. The largest absolute Gasteiger partial charge is 0.322 e. The monoisotopic (exact) mass is 433 g/mol. The van der Waals surface area contributed by atoms with Crippen molar-refractivity contribution < 1.29 is 4.79 Å². The van der Waals surface area contributed by atoms with Crippen LogP contribution in [0.3, 0.4) is 0 Å². The summed E-state index contributed by atoms with van der Waals surface area (Å²) in [5.41, 5.74) is 6.37. The van der Waals surface area contributed by atoms with Gasteiger partial charge in [0.05, 0.1) is 5.69 Å². The summed E-state index contributed by atoms with van der Waals surface area (Å²) in [7, 11) is 0. The van der Waals surface area contributed by atoms with Crippen molar-refractivity contribution in [1.82, 2.24) is 9.97 Å². The van der Waals surface area contributed by atoms with E-state index in [-0.39, 0.29) is 5.91 Å². The summed E-state index contributed by atoms with van der Waals surface area (Å²) in [4.78, 5) is 21.7. The first kappa shape index (κ1) is 19.8. The molecule has 5 aromatic rings. The van der Waals surface area contributed by atoms with Gasteiger partial charge in [0, 0.05) is 40.2 Å². The molecule has 0 unspecified atom stereocenters. The number of anilines is 1. The highest BCUT2D eigenvalue weighted by atomic mass is 32.1. The second kappa shape index (κ2) is 8.96. The van der Waals surface area contributed by atoms with Crippen molar-refractivity contribution in [3.05, 3.63) is 114 Å². The summed E-state index contributed by atoms with van der Waals surface area (Å²) >= 11 is 1.58. The van der Waals surface area contributed by atoms with Gasteiger partial charge in [0.15, 0.2) is 0 Å². The lowest BCUT2D eigenvalue weighted by atomic mass is 10.0. The molecular formula is C27H19N3OS. The van der Waals surface area contributed by atoms with Crippen LogP contribution in [-0.4, -0.2) is 15.9 Å². The molecule has 0 bridgehead atoms. The van der Waals surface area contributed by atoms with E-state index in [9.17, 15) is 4.79 Å². The molecule has 32 heavy (non-hydrogen) atoms. The zero-order valence-electron chi connectivity index (χ0n) is 17.1. The minimum Gasteiger partial charge on any atom is -0.322 e. The smallest absolute Gasteiger partial charge is 0.255 e. The quantitative estimate of drug-likeness (QED) is 0.332. The molecule has 5 rings (SSSR count). The third-order valence-electron chi connectivity index (χ3n) is 5.08. The van der Waals surface area contributed by atoms with E-state index in [2.05, 4.69) is 22.4 Å². The van der Waals surface area contributed by atoms with Crippen LogP contribution in [0.1, 0.15) is 10.4 Å². The fourth-order valence-electron chi connectivity index (χ4n) is 3.43. The molecule has 0 spiro atoms. The molecule has 0 fully saturated rings. The van der Waals surface area contributed by atoms with Crippen LogP contribution in [0.2, 0.25) is 0 Å². The molecule has 1 amide bonds. The third-order valence-corrected chi connectivity index (χ3v) is 5.97. The van der Waals surface area contributed by atoms with Crippen molar-refractivity contribution >= 4 is 22.9 Å². The van der Waals surface area contributed by atoms with Crippen molar-refractivity contribution in [3.8, 4) is 33.0 Å². The SMILES string of the molecule is O=C(Nc1cccc(-c2csc(-c3cccnc3)n2)c1)c1ccc(-c2ccccc2)cc1. The first-order chi connectivity index (χ1) is 15.8. The number of amides is 1. The van der Waals surface area contributed by atoms with Crippen LogP contribution in [0.15, 0.2) is 109 Å². The second-order valence-electron chi connectivity index (χ2n) is 7.26.